The number of hydrogen-bond acceptors (Lipinski definition) is 4. The Hall–Kier alpha value is -2.92. The second-order valence-electron chi connectivity index (χ2n) is 15.2. The van der Waals surface area contributed by atoms with Crippen molar-refractivity contribution in [1.29, 1.82) is 0 Å². The first-order chi connectivity index (χ1) is 23.4. The Morgan fingerprint density at radius 2 is 1.19 bits per heavy atom. The number of nitrogens with zero attached hydrogens (tertiary/aromatic N) is 3. The molecule has 2 heterocycles. The molecule has 2 aromatic heterocycles. The summed E-state index contributed by atoms with van der Waals surface area (Å²) in [6, 6.07) is 17.7. The minimum atomic E-state index is -0.105. The van der Waals surface area contributed by atoms with Crippen LogP contribution < -0.4 is 10.6 Å². The average Bonchev–Trinajstić information content (AvgIpc) is 3.43. The molecule has 264 valence electrons. The molecule has 5 heteroatoms. The van der Waals surface area contributed by atoms with Gasteiger partial charge in [0.15, 0.2) is 5.82 Å². The van der Waals surface area contributed by atoms with E-state index in [-0.39, 0.29) is 5.54 Å². The predicted octanol–water partition coefficient (Wildman–Crippen LogP) is 12.1. The van der Waals surface area contributed by atoms with Gasteiger partial charge >= 0.3 is 0 Å². The number of unbranched alkanes of at least 4 members (excludes halogenated alkanes) is 15. The highest BCUT2D eigenvalue weighted by Gasteiger charge is 2.21. The summed E-state index contributed by atoms with van der Waals surface area (Å²) in [5, 5.41) is 8.50. The summed E-state index contributed by atoms with van der Waals surface area (Å²) in [4.78, 5) is 10.3. The largest absolute Gasteiger partial charge is 0.364 e. The molecule has 0 saturated carbocycles. The lowest BCUT2D eigenvalue weighted by Crippen LogP contribution is -2.26. The summed E-state index contributed by atoms with van der Waals surface area (Å²) < 4.78 is 2.45. The SMILES string of the molecule is CCCCCCCCCCCCCCCCCNCc1ccc(Cn2c(CCCC)nc3c(NC(C)(C)C)nc4ccccc4c32)cc1. The van der Waals surface area contributed by atoms with Crippen LogP contribution in [-0.2, 0) is 19.5 Å². The summed E-state index contributed by atoms with van der Waals surface area (Å²) in [5.74, 6) is 2.03. The molecular formula is C43H67N5. The Bertz CT molecular complexity index is 1460. The minimum absolute atomic E-state index is 0.105. The smallest absolute Gasteiger partial charge is 0.155 e. The molecule has 48 heavy (non-hydrogen) atoms. The van der Waals surface area contributed by atoms with E-state index in [0.29, 0.717) is 0 Å². The second kappa shape index (κ2) is 20.6. The van der Waals surface area contributed by atoms with Gasteiger partial charge in [-0.3, -0.25) is 0 Å². The number of hydrogen-bond donors (Lipinski definition) is 2. The zero-order chi connectivity index (χ0) is 34.0. The number of rotatable bonds is 24. The van der Waals surface area contributed by atoms with Crippen molar-refractivity contribution < 1.29 is 0 Å². The normalized spacial score (nSPS) is 12.0. The molecule has 0 bridgehead atoms. The van der Waals surface area contributed by atoms with Crippen molar-refractivity contribution in [2.24, 2.45) is 0 Å². The first-order valence-electron chi connectivity index (χ1n) is 19.7. The number of aromatic nitrogens is 3. The van der Waals surface area contributed by atoms with E-state index in [1.165, 1.54) is 118 Å². The fourth-order valence-corrected chi connectivity index (χ4v) is 6.82. The van der Waals surface area contributed by atoms with Crippen LogP contribution >= 0.6 is 0 Å². The minimum Gasteiger partial charge on any atom is -0.364 e. The van der Waals surface area contributed by atoms with Crippen LogP contribution in [-0.4, -0.2) is 26.6 Å². The van der Waals surface area contributed by atoms with Crippen molar-refractivity contribution in [3.63, 3.8) is 0 Å². The Morgan fingerprint density at radius 3 is 1.79 bits per heavy atom. The molecule has 0 atom stereocenters. The lowest BCUT2D eigenvalue weighted by atomic mass is 10.0. The predicted molar refractivity (Wildman–Crippen MR) is 209 cm³/mol. The molecule has 0 aliphatic heterocycles. The second-order valence-corrected chi connectivity index (χ2v) is 15.2. The quantitative estimate of drug-likeness (QED) is 0.0739. The highest BCUT2D eigenvalue weighted by Crippen LogP contribution is 2.32. The third-order valence-electron chi connectivity index (χ3n) is 9.56. The molecule has 4 aromatic rings. The van der Waals surface area contributed by atoms with Crippen LogP contribution in [0.3, 0.4) is 0 Å². The number of nitrogens with one attached hydrogen (secondary N) is 2. The fraction of sp³-hybridized carbons (Fsp3) is 0.628. The van der Waals surface area contributed by atoms with Crippen molar-refractivity contribution in [2.75, 3.05) is 11.9 Å². The topological polar surface area (TPSA) is 54.8 Å². The van der Waals surface area contributed by atoms with Gasteiger partial charge in [-0.2, -0.15) is 0 Å². The van der Waals surface area contributed by atoms with Crippen LogP contribution in [0.2, 0.25) is 0 Å². The number of fused-ring (bicyclic) bond motifs is 3. The van der Waals surface area contributed by atoms with Gasteiger partial charge in [0.05, 0.1) is 11.0 Å². The summed E-state index contributed by atoms with van der Waals surface area (Å²) in [5.41, 5.74) is 5.74. The molecule has 0 saturated heterocycles. The molecule has 4 rings (SSSR count). The van der Waals surface area contributed by atoms with E-state index in [0.717, 1.165) is 61.6 Å². The van der Waals surface area contributed by atoms with E-state index < -0.39 is 0 Å². The first-order valence-corrected chi connectivity index (χ1v) is 19.7. The molecular weight excluding hydrogens is 587 g/mol. The molecule has 2 N–H and O–H groups in total. The summed E-state index contributed by atoms with van der Waals surface area (Å²) in [6.07, 6.45) is 24.4. The molecule has 0 radical (unpaired) electrons. The van der Waals surface area contributed by atoms with Gasteiger partial charge < -0.3 is 15.2 Å². The number of para-hydroxylation sites is 1. The van der Waals surface area contributed by atoms with Gasteiger partial charge in [-0.15, -0.1) is 0 Å². The first kappa shape index (κ1) is 37.9. The van der Waals surface area contributed by atoms with Gasteiger partial charge in [-0.1, -0.05) is 153 Å². The molecule has 0 aliphatic carbocycles. The van der Waals surface area contributed by atoms with Crippen LogP contribution in [0.15, 0.2) is 48.5 Å². The van der Waals surface area contributed by atoms with Crippen LogP contribution in [0.1, 0.15) is 161 Å². The number of pyridine rings is 1. The van der Waals surface area contributed by atoms with E-state index in [9.17, 15) is 0 Å². The molecule has 0 aliphatic rings. The standard InChI is InChI=1S/C43H67N5/c1-6-8-10-11-12-13-14-15-16-17-18-19-20-21-24-32-44-33-35-28-30-36(31-29-35)34-48-39(27-9-7-2)46-40-41(48)37-25-22-23-26-38(37)45-42(40)47-43(3,4)5/h22-23,25-26,28-31,44H,6-21,24,27,32-34H2,1-5H3,(H,45,47). The summed E-state index contributed by atoms with van der Waals surface area (Å²) >= 11 is 0. The van der Waals surface area contributed by atoms with Gasteiger partial charge in [0.25, 0.3) is 0 Å². The number of imidazole rings is 1. The fourth-order valence-electron chi connectivity index (χ4n) is 6.82. The Balaban J connectivity index is 1.22. The number of benzene rings is 2. The highest BCUT2D eigenvalue weighted by atomic mass is 15.1. The van der Waals surface area contributed by atoms with E-state index in [1.807, 2.05) is 0 Å². The maximum Gasteiger partial charge on any atom is 0.155 e. The Morgan fingerprint density at radius 1 is 0.625 bits per heavy atom. The highest BCUT2D eigenvalue weighted by molar-refractivity contribution is 6.07. The number of anilines is 1. The van der Waals surface area contributed by atoms with Crippen molar-refractivity contribution in [1.82, 2.24) is 19.9 Å². The zero-order valence-corrected chi connectivity index (χ0v) is 31.3. The van der Waals surface area contributed by atoms with Crippen LogP contribution in [0.25, 0.3) is 21.9 Å². The summed E-state index contributed by atoms with van der Waals surface area (Å²) in [6.45, 7) is 14.0. The van der Waals surface area contributed by atoms with Gasteiger partial charge in [0.1, 0.15) is 11.3 Å². The molecule has 0 amide bonds. The molecule has 5 nitrogen and oxygen atoms in total. The lowest BCUT2D eigenvalue weighted by Gasteiger charge is -2.22. The van der Waals surface area contributed by atoms with Crippen molar-refractivity contribution in [3.8, 4) is 0 Å². The molecule has 2 aromatic carbocycles. The van der Waals surface area contributed by atoms with Crippen LogP contribution in [0.5, 0.6) is 0 Å². The van der Waals surface area contributed by atoms with E-state index >= 15 is 0 Å². The monoisotopic (exact) mass is 654 g/mol. The molecule has 0 unspecified atom stereocenters. The maximum atomic E-state index is 5.23. The lowest BCUT2D eigenvalue weighted by molar-refractivity contribution is 0.527. The third-order valence-corrected chi connectivity index (χ3v) is 9.56. The summed E-state index contributed by atoms with van der Waals surface area (Å²) in [7, 11) is 0. The van der Waals surface area contributed by atoms with Gasteiger partial charge in [-0.05, 0) is 57.4 Å². The Kier molecular flexibility index (Phi) is 16.2. The van der Waals surface area contributed by atoms with Crippen LogP contribution in [0.4, 0.5) is 5.82 Å². The molecule has 0 spiro atoms. The van der Waals surface area contributed by atoms with E-state index in [1.54, 1.807) is 0 Å². The molecule has 0 fully saturated rings. The van der Waals surface area contributed by atoms with Gasteiger partial charge in [0, 0.05) is 30.4 Å². The van der Waals surface area contributed by atoms with Crippen molar-refractivity contribution >= 4 is 27.8 Å². The van der Waals surface area contributed by atoms with Crippen LogP contribution in [0, 0.1) is 0 Å². The number of aryl methyl sites for hydroxylation is 1. The van der Waals surface area contributed by atoms with Gasteiger partial charge in [0.2, 0.25) is 0 Å². The maximum absolute atomic E-state index is 5.23. The third kappa shape index (κ3) is 12.5. The Labute approximate surface area is 293 Å². The van der Waals surface area contributed by atoms with E-state index in [2.05, 4.69) is 98.4 Å². The zero-order valence-electron chi connectivity index (χ0n) is 31.3. The van der Waals surface area contributed by atoms with Crippen molar-refractivity contribution in [3.05, 3.63) is 65.5 Å². The van der Waals surface area contributed by atoms with Gasteiger partial charge in [-0.25, -0.2) is 9.97 Å². The van der Waals surface area contributed by atoms with Crippen molar-refractivity contribution in [2.45, 2.75) is 169 Å². The van der Waals surface area contributed by atoms with E-state index in [4.69, 9.17) is 9.97 Å². The average molecular weight is 654 g/mol.